The van der Waals surface area contributed by atoms with Gasteiger partial charge in [0.2, 0.25) is 11.9 Å². The highest BCUT2D eigenvalue weighted by molar-refractivity contribution is 5.92. The fourth-order valence-electron chi connectivity index (χ4n) is 3.13. The zero-order valence-electron chi connectivity index (χ0n) is 16.8. The van der Waals surface area contributed by atoms with Crippen LogP contribution in [0.2, 0.25) is 0 Å². The minimum atomic E-state index is -0.432. The van der Waals surface area contributed by atoms with Crippen LogP contribution in [0.4, 0.5) is 17.6 Å². The molecular formula is C21H23N5O3. The van der Waals surface area contributed by atoms with Gasteiger partial charge >= 0.3 is 5.97 Å². The van der Waals surface area contributed by atoms with Crippen molar-refractivity contribution >= 4 is 23.6 Å². The first-order valence-corrected chi connectivity index (χ1v) is 9.03. The number of methoxy groups -OCH3 is 1. The molecule has 0 bridgehead atoms. The number of nitrogens with one attached hydrogen (secondary N) is 1. The van der Waals surface area contributed by atoms with Crippen LogP contribution in [0.15, 0.2) is 36.4 Å². The Bertz CT molecular complexity index is 1030. The summed E-state index contributed by atoms with van der Waals surface area (Å²) in [6.45, 7) is 5.62. The van der Waals surface area contributed by atoms with Gasteiger partial charge in [0.05, 0.1) is 18.4 Å². The summed E-state index contributed by atoms with van der Waals surface area (Å²) in [5, 5.41) is 3.04. The zero-order chi connectivity index (χ0) is 21.0. The first-order chi connectivity index (χ1) is 13.9. The molecule has 0 aliphatic carbocycles. The average Bonchev–Trinajstić information content (AvgIpc) is 2.65. The Morgan fingerprint density at radius 2 is 1.76 bits per heavy atom. The van der Waals surface area contributed by atoms with Gasteiger partial charge in [-0.3, -0.25) is 0 Å². The van der Waals surface area contributed by atoms with Crippen LogP contribution in [0.25, 0.3) is 0 Å². The van der Waals surface area contributed by atoms with Crippen molar-refractivity contribution in [2.24, 2.45) is 0 Å². The van der Waals surface area contributed by atoms with E-state index < -0.39 is 5.97 Å². The fraction of sp³-hybridized carbons (Fsp3) is 0.238. The minimum absolute atomic E-state index is 0.0196. The number of benzene rings is 2. The Kier molecular flexibility index (Phi) is 5.92. The molecule has 2 aromatic carbocycles. The molecule has 29 heavy (non-hydrogen) atoms. The number of nitrogen functional groups attached to an aromatic ring is 1. The van der Waals surface area contributed by atoms with Crippen molar-refractivity contribution in [1.29, 1.82) is 0 Å². The quantitative estimate of drug-likeness (QED) is 0.612. The third-order valence-corrected chi connectivity index (χ3v) is 4.27. The maximum atomic E-state index is 12.6. The standard InChI is InChI=1S/C21H23N5O3/c1-12-9-13(2)18(14(3)10-12)19(27)29-11-17-24-20(22)26-21(25-17)23-15-7-5-6-8-16(15)28-4/h5-10H,11H2,1-4H3,(H3,22,23,24,25,26). The number of rotatable bonds is 6. The SMILES string of the molecule is COc1ccccc1Nc1nc(N)nc(COC(=O)c2c(C)cc(C)cc2C)n1. The molecule has 0 spiro atoms. The van der Waals surface area contributed by atoms with E-state index in [1.165, 1.54) is 0 Å². The first kappa shape index (κ1) is 20.1. The zero-order valence-corrected chi connectivity index (χ0v) is 16.8. The fourth-order valence-corrected chi connectivity index (χ4v) is 3.13. The first-order valence-electron chi connectivity index (χ1n) is 9.03. The molecule has 0 aliphatic rings. The van der Waals surface area contributed by atoms with E-state index in [-0.39, 0.29) is 24.3 Å². The summed E-state index contributed by atoms with van der Waals surface area (Å²) in [5.74, 6) is 0.690. The molecule has 0 fully saturated rings. The predicted octanol–water partition coefficient (Wildman–Crippen LogP) is 3.49. The van der Waals surface area contributed by atoms with Crippen molar-refractivity contribution in [3.8, 4) is 5.75 Å². The number of aromatic nitrogens is 3. The number of hydrogen-bond donors (Lipinski definition) is 2. The van der Waals surface area contributed by atoms with E-state index in [4.69, 9.17) is 15.2 Å². The van der Waals surface area contributed by atoms with E-state index in [0.717, 1.165) is 16.7 Å². The smallest absolute Gasteiger partial charge is 0.339 e. The lowest BCUT2D eigenvalue weighted by Gasteiger charge is -2.12. The summed E-state index contributed by atoms with van der Waals surface area (Å²) >= 11 is 0. The Morgan fingerprint density at radius 1 is 1.07 bits per heavy atom. The second-order valence-corrected chi connectivity index (χ2v) is 6.61. The number of ether oxygens (including phenoxy) is 2. The molecule has 3 rings (SSSR count). The molecule has 0 saturated carbocycles. The molecule has 0 atom stereocenters. The molecular weight excluding hydrogens is 370 g/mol. The van der Waals surface area contributed by atoms with Gasteiger partial charge in [-0.2, -0.15) is 15.0 Å². The van der Waals surface area contributed by atoms with Crippen molar-refractivity contribution in [3.05, 3.63) is 64.5 Å². The summed E-state index contributed by atoms with van der Waals surface area (Å²) in [6.07, 6.45) is 0. The number of carbonyl (C=O) groups is 1. The molecule has 0 aliphatic heterocycles. The number of nitrogens with two attached hydrogens (primary N) is 1. The average molecular weight is 393 g/mol. The van der Waals surface area contributed by atoms with Gasteiger partial charge < -0.3 is 20.5 Å². The maximum Gasteiger partial charge on any atom is 0.339 e. The van der Waals surface area contributed by atoms with Gasteiger partial charge in [0.15, 0.2) is 12.4 Å². The van der Waals surface area contributed by atoms with E-state index >= 15 is 0 Å². The highest BCUT2D eigenvalue weighted by atomic mass is 16.5. The van der Waals surface area contributed by atoms with E-state index in [0.29, 0.717) is 17.0 Å². The van der Waals surface area contributed by atoms with E-state index in [1.54, 1.807) is 7.11 Å². The summed E-state index contributed by atoms with van der Waals surface area (Å²) in [5.41, 5.74) is 9.83. The summed E-state index contributed by atoms with van der Waals surface area (Å²) in [7, 11) is 1.57. The van der Waals surface area contributed by atoms with Gasteiger partial charge in [-0.05, 0) is 44.0 Å². The van der Waals surface area contributed by atoms with Crippen molar-refractivity contribution in [2.45, 2.75) is 27.4 Å². The molecule has 1 aromatic heterocycles. The molecule has 150 valence electrons. The van der Waals surface area contributed by atoms with E-state index in [9.17, 15) is 4.79 Å². The minimum Gasteiger partial charge on any atom is -0.495 e. The molecule has 8 heteroatoms. The molecule has 8 nitrogen and oxygen atoms in total. The third kappa shape index (κ3) is 4.78. The number of hydrogen-bond acceptors (Lipinski definition) is 8. The normalized spacial score (nSPS) is 10.5. The third-order valence-electron chi connectivity index (χ3n) is 4.27. The number of anilines is 3. The molecule has 3 N–H and O–H groups in total. The molecule has 3 aromatic rings. The maximum absolute atomic E-state index is 12.6. The van der Waals surface area contributed by atoms with Crippen LogP contribution in [0, 0.1) is 20.8 Å². The summed E-state index contributed by atoms with van der Waals surface area (Å²) in [6, 6.07) is 11.2. The number of aryl methyl sites for hydroxylation is 3. The van der Waals surface area contributed by atoms with Crippen LogP contribution >= 0.6 is 0 Å². The molecule has 0 amide bonds. The van der Waals surface area contributed by atoms with Gasteiger partial charge in [0, 0.05) is 0 Å². The van der Waals surface area contributed by atoms with Crippen LogP contribution in [0.3, 0.4) is 0 Å². The Labute approximate surface area is 169 Å². The van der Waals surface area contributed by atoms with Crippen LogP contribution in [0.5, 0.6) is 5.75 Å². The molecule has 0 radical (unpaired) electrons. The van der Waals surface area contributed by atoms with Gasteiger partial charge in [0.1, 0.15) is 5.75 Å². The Morgan fingerprint density at radius 3 is 2.45 bits per heavy atom. The number of para-hydroxylation sites is 2. The summed E-state index contributed by atoms with van der Waals surface area (Å²) in [4.78, 5) is 25.0. The van der Waals surface area contributed by atoms with Crippen molar-refractivity contribution < 1.29 is 14.3 Å². The van der Waals surface area contributed by atoms with Crippen LogP contribution in [-0.2, 0) is 11.3 Å². The van der Waals surface area contributed by atoms with Crippen LogP contribution in [-0.4, -0.2) is 28.0 Å². The Hall–Kier alpha value is -3.68. The summed E-state index contributed by atoms with van der Waals surface area (Å²) < 4.78 is 10.7. The highest BCUT2D eigenvalue weighted by Gasteiger charge is 2.16. The number of esters is 1. The van der Waals surface area contributed by atoms with Gasteiger partial charge in [-0.1, -0.05) is 29.8 Å². The van der Waals surface area contributed by atoms with Gasteiger partial charge in [-0.25, -0.2) is 4.79 Å². The molecule has 1 heterocycles. The topological polar surface area (TPSA) is 112 Å². The lowest BCUT2D eigenvalue weighted by atomic mass is 10.00. The van der Waals surface area contributed by atoms with Crippen molar-refractivity contribution in [1.82, 2.24) is 15.0 Å². The monoisotopic (exact) mass is 393 g/mol. The molecule has 0 unspecified atom stereocenters. The van der Waals surface area contributed by atoms with Crippen molar-refractivity contribution in [3.63, 3.8) is 0 Å². The lowest BCUT2D eigenvalue weighted by molar-refractivity contribution is 0.0460. The van der Waals surface area contributed by atoms with E-state index in [1.807, 2.05) is 57.2 Å². The number of nitrogens with zero attached hydrogens (tertiary/aromatic N) is 3. The van der Waals surface area contributed by atoms with Crippen LogP contribution < -0.4 is 15.8 Å². The van der Waals surface area contributed by atoms with Crippen molar-refractivity contribution in [2.75, 3.05) is 18.2 Å². The largest absolute Gasteiger partial charge is 0.495 e. The van der Waals surface area contributed by atoms with E-state index in [2.05, 4.69) is 20.3 Å². The van der Waals surface area contributed by atoms with Gasteiger partial charge in [-0.15, -0.1) is 0 Å². The second kappa shape index (κ2) is 8.55. The van der Waals surface area contributed by atoms with Crippen LogP contribution in [0.1, 0.15) is 32.9 Å². The predicted molar refractivity (Wildman–Crippen MR) is 110 cm³/mol. The number of carbonyl (C=O) groups excluding carboxylic acids is 1. The Balaban J connectivity index is 1.76. The van der Waals surface area contributed by atoms with Gasteiger partial charge in [0.25, 0.3) is 0 Å². The highest BCUT2D eigenvalue weighted by Crippen LogP contribution is 2.25. The lowest BCUT2D eigenvalue weighted by Crippen LogP contribution is -2.13. The second-order valence-electron chi connectivity index (χ2n) is 6.61. The molecule has 0 saturated heterocycles.